The van der Waals surface area contributed by atoms with Crippen LogP contribution in [0.25, 0.3) is 0 Å². The van der Waals surface area contributed by atoms with Crippen LogP contribution in [0.3, 0.4) is 0 Å². The highest BCUT2D eigenvalue weighted by Gasteiger charge is 2.28. The standard InChI is InChI=1S/C16H25N3/c1-2-11-8-9-12(10-11)16-18-14-7-5-3-4-6-13(14)15(17)19-16/h11-12H,2-10H2,1H3,(H2,17,18,19). The third-order valence-electron chi connectivity index (χ3n) is 4.97. The Labute approximate surface area is 116 Å². The molecule has 2 atom stereocenters. The van der Waals surface area contributed by atoms with Crippen molar-refractivity contribution in [1.82, 2.24) is 9.97 Å². The molecular weight excluding hydrogens is 234 g/mol. The molecule has 2 aliphatic carbocycles. The van der Waals surface area contributed by atoms with Crippen molar-refractivity contribution in [1.29, 1.82) is 0 Å². The Hall–Kier alpha value is -1.12. The van der Waals surface area contributed by atoms with E-state index in [4.69, 9.17) is 10.7 Å². The molecule has 2 aliphatic rings. The second-order valence-corrected chi connectivity index (χ2v) is 6.24. The molecule has 1 saturated carbocycles. The van der Waals surface area contributed by atoms with Gasteiger partial charge in [0.2, 0.25) is 0 Å². The van der Waals surface area contributed by atoms with E-state index in [0.717, 1.165) is 30.4 Å². The summed E-state index contributed by atoms with van der Waals surface area (Å²) in [5, 5.41) is 0. The van der Waals surface area contributed by atoms with Crippen LogP contribution < -0.4 is 5.73 Å². The number of aryl methyl sites for hydroxylation is 1. The van der Waals surface area contributed by atoms with Crippen LogP contribution in [0.5, 0.6) is 0 Å². The topological polar surface area (TPSA) is 51.8 Å². The van der Waals surface area contributed by atoms with Crippen molar-refractivity contribution >= 4 is 5.82 Å². The van der Waals surface area contributed by atoms with Crippen molar-refractivity contribution in [3.8, 4) is 0 Å². The van der Waals surface area contributed by atoms with Gasteiger partial charge in [-0.15, -0.1) is 0 Å². The van der Waals surface area contributed by atoms with Gasteiger partial charge in [0.15, 0.2) is 0 Å². The van der Waals surface area contributed by atoms with Gasteiger partial charge in [-0.3, -0.25) is 0 Å². The molecule has 104 valence electrons. The first-order valence-corrected chi connectivity index (χ1v) is 7.93. The average Bonchev–Trinajstić information content (AvgIpc) is 2.77. The molecule has 0 bridgehead atoms. The maximum Gasteiger partial charge on any atom is 0.134 e. The van der Waals surface area contributed by atoms with Crippen LogP contribution in [0.2, 0.25) is 0 Å². The molecule has 3 nitrogen and oxygen atoms in total. The first-order chi connectivity index (χ1) is 9.28. The van der Waals surface area contributed by atoms with E-state index in [0.29, 0.717) is 5.92 Å². The predicted molar refractivity (Wildman–Crippen MR) is 78.1 cm³/mol. The zero-order valence-electron chi connectivity index (χ0n) is 12.0. The number of nitrogen functional groups attached to an aromatic ring is 1. The molecule has 0 aromatic carbocycles. The van der Waals surface area contributed by atoms with Crippen LogP contribution in [0.1, 0.15) is 74.9 Å². The summed E-state index contributed by atoms with van der Waals surface area (Å²) >= 11 is 0. The van der Waals surface area contributed by atoms with E-state index in [1.165, 1.54) is 56.2 Å². The normalized spacial score (nSPS) is 27.0. The van der Waals surface area contributed by atoms with Gasteiger partial charge in [-0.25, -0.2) is 9.97 Å². The van der Waals surface area contributed by atoms with Gasteiger partial charge in [0.25, 0.3) is 0 Å². The molecule has 0 radical (unpaired) electrons. The minimum absolute atomic E-state index is 0.556. The van der Waals surface area contributed by atoms with Crippen molar-refractivity contribution in [3.63, 3.8) is 0 Å². The third-order valence-corrected chi connectivity index (χ3v) is 4.97. The molecular formula is C16H25N3. The minimum atomic E-state index is 0.556. The summed E-state index contributed by atoms with van der Waals surface area (Å²) in [5.41, 5.74) is 8.69. The molecule has 2 unspecified atom stereocenters. The van der Waals surface area contributed by atoms with E-state index in [-0.39, 0.29) is 0 Å². The Morgan fingerprint density at radius 3 is 2.74 bits per heavy atom. The summed E-state index contributed by atoms with van der Waals surface area (Å²) in [7, 11) is 0. The van der Waals surface area contributed by atoms with Gasteiger partial charge in [-0.05, 0) is 50.9 Å². The predicted octanol–water partition coefficient (Wildman–Crippen LogP) is 3.62. The Kier molecular flexibility index (Phi) is 3.72. The fourth-order valence-corrected chi connectivity index (χ4v) is 3.68. The summed E-state index contributed by atoms with van der Waals surface area (Å²) in [6, 6.07) is 0. The Morgan fingerprint density at radius 2 is 1.95 bits per heavy atom. The van der Waals surface area contributed by atoms with E-state index in [2.05, 4.69) is 11.9 Å². The van der Waals surface area contributed by atoms with Gasteiger partial charge in [-0.2, -0.15) is 0 Å². The zero-order chi connectivity index (χ0) is 13.2. The van der Waals surface area contributed by atoms with Crippen LogP contribution in [-0.4, -0.2) is 9.97 Å². The highest BCUT2D eigenvalue weighted by atomic mass is 15.0. The SMILES string of the molecule is CCC1CCC(c2nc(N)c3c(n2)CCCCC3)C1. The fraction of sp³-hybridized carbons (Fsp3) is 0.750. The van der Waals surface area contributed by atoms with Crippen molar-refractivity contribution in [3.05, 3.63) is 17.1 Å². The van der Waals surface area contributed by atoms with Gasteiger partial charge in [-0.1, -0.05) is 19.8 Å². The minimum Gasteiger partial charge on any atom is -0.383 e. The fourth-order valence-electron chi connectivity index (χ4n) is 3.68. The summed E-state index contributed by atoms with van der Waals surface area (Å²) in [6.45, 7) is 2.29. The van der Waals surface area contributed by atoms with E-state index in [1.54, 1.807) is 0 Å². The number of aromatic nitrogens is 2. The van der Waals surface area contributed by atoms with Crippen LogP contribution in [0.4, 0.5) is 5.82 Å². The summed E-state index contributed by atoms with van der Waals surface area (Å²) in [4.78, 5) is 9.54. The van der Waals surface area contributed by atoms with Crippen molar-refractivity contribution < 1.29 is 0 Å². The molecule has 0 spiro atoms. The van der Waals surface area contributed by atoms with Gasteiger partial charge >= 0.3 is 0 Å². The number of hydrogen-bond acceptors (Lipinski definition) is 3. The molecule has 3 heteroatoms. The lowest BCUT2D eigenvalue weighted by Gasteiger charge is -2.14. The van der Waals surface area contributed by atoms with E-state index < -0.39 is 0 Å². The maximum absolute atomic E-state index is 6.20. The van der Waals surface area contributed by atoms with Crippen molar-refractivity contribution in [2.45, 2.75) is 70.6 Å². The van der Waals surface area contributed by atoms with E-state index in [1.807, 2.05) is 0 Å². The molecule has 3 rings (SSSR count). The Balaban J connectivity index is 1.87. The molecule has 1 heterocycles. The quantitative estimate of drug-likeness (QED) is 0.825. The lowest BCUT2D eigenvalue weighted by molar-refractivity contribution is 0.516. The molecule has 1 aromatic heterocycles. The van der Waals surface area contributed by atoms with Crippen LogP contribution in [0.15, 0.2) is 0 Å². The lowest BCUT2D eigenvalue weighted by Crippen LogP contribution is -2.11. The zero-order valence-corrected chi connectivity index (χ0v) is 12.0. The summed E-state index contributed by atoms with van der Waals surface area (Å²) < 4.78 is 0. The van der Waals surface area contributed by atoms with Crippen LogP contribution >= 0.6 is 0 Å². The van der Waals surface area contributed by atoms with Crippen molar-refractivity contribution in [2.24, 2.45) is 5.92 Å². The number of anilines is 1. The highest BCUT2D eigenvalue weighted by Crippen LogP contribution is 2.39. The first-order valence-electron chi connectivity index (χ1n) is 7.93. The van der Waals surface area contributed by atoms with E-state index in [9.17, 15) is 0 Å². The van der Waals surface area contributed by atoms with Gasteiger partial charge in [0.1, 0.15) is 11.6 Å². The average molecular weight is 259 g/mol. The number of rotatable bonds is 2. The third kappa shape index (κ3) is 2.60. The molecule has 1 fully saturated rings. The smallest absolute Gasteiger partial charge is 0.134 e. The van der Waals surface area contributed by atoms with E-state index >= 15 is 0 Å². The molecule has 1 aromatic rings. The number of nitrogens with zero attached hydrogens (tertiary/aromatic N) is 2. The highest BCUT2D eigenvalue weighted by molar-refractivity contribution is 5.43. The van der Waals surface area contributed by atoms with Crippen LogP contribution in [-0.2, 0) is 12.8 Å². The second kappa shape index (κ2) is 5.48. The summed E-state index contributed by atoms with van der Waals surface area (Å²) in [6.07, 6.45) is 11.1. The maximum atomic E-state index is 6.20. The number of nitrogens with two attached hydrogens (primary N) is 1. The molecule has 2 N–H and O–H groups in total. The molecule has 0 amide bonds. The molecule has 0 aliphatic heterocycles. The number of hydrogen-bond donors (Lipinski definition) is 1. The Morgan fingerprint density at radius 1 is 1.11 bits per heavy atom. The Bertz CT molecular complexity index is 456. The van der Waals surface area contributed by atoms with Crippen molar-refractivity contribution in [2.75, 3.05) is 5.73 Å². The summed E-state index contributed by atoms with van der Waals surface area (Å²) in [5.74, 6) is 3.23. The second-order valence-electron chi connectivity index (χ2n) is 6.24. The van der Waals surface area contributed by atoms with Gasteiger partial charge < -0.3 is 5.73 Å². The first kappa shape index (κ1) is 12.9. The monoisotopic (exact) mass is 259 g/mol. The number of fused-ring (bicyclic) bond motifs is 1. The largest absolute Gasteiger partial charge is 0.383 e. The van der Waals surface area contributed by atoms with Crippen LogP contribution in [0, 0.1) is 5.92 Å². The lowest BCUT2D eigenvalue weighted by atomic mass is 10.0. The molecule has 0 saturated heterocycles. The molecule has 19 heavy (non-hydrogen) atoms. The van der Waals surface area contributed by atoms with Gasteiger partial charge in [0, 0.05) is 17.2 Å². The van der Waals surface area contributed by atoms with Gasteiger partial charge in [0.05, 0.1) is 0 Å².